The van der Waals surface area contributed by atoms with Crippen LogP contribution >= 0.6 is 0 Å². The zero-order chi connectivity index (χ0) is 17.4. The van der Waals surface area contributed by atoms with E-state index in [1.165, 1.54) is 6.26 Å². The van der Waals surface area contributed by atoms with Crippen molar-refractivity contribution in [1.82, 2.24) is 14.8 Å². The number of nitrogens with one attached hydrogen (secondary N) is 1. The van der Waals surface area contributed by atoms with Crippen molar-refractivity contribution in [3.63, 3.8) is 0 Å². The van der Waals surface area contributed by atoms with E-state index in [1.807, 2.05) is 24.2 Å². The van der Waals surface area contributed by atoms with Crippen LogP contribution in [0.15, 0.2) is 29.0 Å². The number of piperidine rings is 1. The summed E-state index contributed by atoms with van der Waals surface area (Å²) in [5, 5.41) is 2.86. The van der Waals surface area contributed by atoms with Gasteiger partial charge in [-0.05, 0) is 37.8 Å². The normalized spacial score (nSPS) is 20.8. The minimum Gasteiger partial charge on any atom is -0.468 e. The van der Waals surface area contributed by atoms with Crippen molar-refractivity contribution >= 4 is 11.8 Å². The number of furan rings is 1. The van der Waals surface area contributed by atoms with Gasteiger partial charge in [-0.3, -0.25) is 9.59 Å². The van der Waals surface area contributed by atoms with Crippen molar-refractivity contribution in [1.29, 1.82) is 0 Å². The number of hydrogen-bond acceptors (Lipinski definition) is 3. The Bertz CT molecular complexity index is 805. The van der Waals surface area contributed by atoms with Gasteiger partial charge in [-0.15, -0.1) is 0 Å². The lowest BCUT2D eigenvalue weighted by Gasteiger charge is -2.36. The third-order valence-corrected chi connectivity index (χ3v) is 5.28. The van der Waals surface area contributed by atoms with Crippen LogP contribution in [-0.4, -0.2) is 34.4 Å². The molecule has 132 valence electrons. The zero-order valence-electron chi connectivity index (χ0n) is 14.5. The molecule has 2 aromatic heterocycles. The molecule has 1 N–H and O–H groups in total. The van der Waals surface area contributed by atoms with Crippen LogP contribution < -0.4 is 5.32 Å². The fourth-order valence-corrected chi connectivity index (χ4v) is 3.98. The quantitative estimate of drug-likeness (QED) is 0.913. The molecule has 0 aliphatic carbocycles. The van der Waals surface area contributed by atoms with Crippen molar-refractivity contribution in [2.45, 2.75) is 38.1 Å². The molecule has 1 atom stereocenters. The highest BCUT2D eigenvalue weighted by atomic mass is 16.3. The molecule has 2 aromatic rings. The van der Waals surface area contributed by atoms with Crippen molar-refractivity contribution in [2.24, 2.45) is 7.05 Å². The van der Waals surface area contributed by atoms with Gasteiger partial charge in [-0.1, -0.05) is 0 Å². The molecule has 25 heavy (non-hydrogen) atoms. The van der Waals surface area contributed by atoms with Crippen LogP contribution in [0.1, 0.15) is 63.9 Å². The fraction of sp³-hybridized carbons (Fsp3) is 0.474. The highest BCUT2D eigenvalue weighted by molar-refractivity contribution is 6.08. The summed E-state index contributed by atoms with van der Waals surface area (Å²) in [6, 6.07) is 4.11. The van der Waals surface area contributed by atoms with Crippen molar-refractivity contribution in [3.05, 3.63) is 47.2 Å². The minimum atomic E-state index is -0.197. The maximum atomic E-state index is 13.3. The standard InChI is InChI=1S/C19H23N3O3/c1-21-10-5-7-14(21)15-6-2-3-11-22(15)19(24)13-12-25-16-8-4-9-20-18(23)17(13)16/h5,7,10,12,15H,2-4,6,8-9,11H2,1H3,(H,20,23). The third kappa shape index (κ3) is 2.75. The number of aromatic nitrogens is 1. The molecule has 6 heteroatoms. The summed E-state index contributed by atoms with van der Waals surface area (Å²) in [7, 11) is 2.00. The van der Waals surface area contributed by atoms with Gasteiger partial charge in [0.2, 0.25) is 0 Å². The predicted molar refractivity (Wildman–Crippen MR) is 92.4 cm³/mol. The van der Waals surface area contributed by atoms with E-state index < -0.39 is 0 Å². The minimum absolute atomic E-state index is 0.0423. The van der Waals surface area contributed by atoms with Crippen LogP contribution in [0.4, 0.5) is 0 Å². The van der Waals surface area contributed by atoms with Crippen LogP contribution in [0.5, 0.6) is 0 Å². The number of hydrogen-bond donors (Lipinski definition) is 1. The topological polar surface area (TPSA) is 67.5 Å². The summed E-state index contributed by atoms with van der Waals surface area (Å²) in [4.78, 5) is 27.6. The molecule has 2 amide bonds. The molecular formula is C19H23N3O3. The molecule has 4 heterocycles. The highest BCUT2D eigenvalue weighted by Gasteiger charge is 2.34. The zero-order valence-corrected chi connectivity index (χ0v) is 14.5. The van der Waals surface area contributed by atoms with Crippen molar-refractivity contribution < 1.29 is 14.0 Å². The van der Waals surface area contributed by atoms with Crippen molar-refractivity contribution in [3.8, 4) is 0 Å². The average molecular weight is 341 g/mol. The number of aryl methyl sites for hydroxylation is 2. The van der Waals surface area contributed by atoms with E-state index in [4.69, 9.17) is 4.42 Å². The Labute approximate surface area is 146 Å². The van der Waals surface area contributed by atoms with Gasteiger partial charge >= 0.3 is 0 Å². The molecule has 1 fully saturated rings. The summed E-state index contributed by atoms with van der Waals surface area (Å²) in [6.45, 7) is 1.32. The smallest absolute Gasteiger partial charge is 0.258 e. The molecule has 0 aromatic carbocycles. The summed E-state index contributed by atoms with van der Waals surface area (Å²) in [5.41, 5.74) is 1.96. The molecule has 0 bridgehead atoms. The lowest BCUT2D eigenvalue weighted by atomic mass is 9.97. The van der Waals surface area contributed by atoms with E-state index in [-0.39, 0.29) is 17.9 Å². The van der Waals surface area contributed by atoms with Gasteiger partial charge in [0, 0.05) is 38.4 Å². The Morgan fingerprint density at radius 1 is 1.32 bits per heavy atom. The summed E-state index contributed by atoms with van der Waals surface area (Å²) in [5.74, 6) is 0.329. The Morgan fingerprint density at radius 2 is 2.20 bits per heavy atom. The first-order valence-electron chi connectivity index (χ1n) is 8.97. The van der Waals surface area contributed by atoms with Gasteiger partial charge in [-0.25, -0.2) is 0 Å². The second-order valence-corrected chi connectivity index (χ2v) is 6.86. The van der Waals surface area contributed by atoms with Gasteiger partial charge in [0.25, 0.3) is 11.8 Å². The van der Waals surface area contributed by atoms with Crippen LogP contribution in [-0.2, 0) is 13.5 Å². The van der Waals surface area contributed by atoms with Gasteiger partial charge < -0.3 is 19.2 Å². The Kier molecular flexibility index (Phi) is 4.11. The third-order valence-electron chi connectivity index (χ3n) is 5.28. The first kappa shape index (κ1) is 16.0. The fourth-order valence-electron chi connectivity index (χ4n) is 3.98. The van der Waals surface area contributed by atoms with E-state index >= 15 is 0 Å². The molecule has 4 rings (SSSR count). The van der Waals surface area contributed by atoms with Crippen LogP contribution in [0.3, 0.4) is 0 Å². The van der Waals surface area contributed by atoms with E-state index in [1.54, 1.807) is 0 Å². The van der Waals surface area contributed by atoms with E-state index in [0.29, 0.717) is 36.4 Å². The lowest BCUT2D eigenvalue weighted by molar-refractivity contribution is 0.0598. The molecule has 2 aliphatic heterocycles. The second-order valence-electron chi connectivity index (χ2n) is 6.86. The second kappa shape index (κ2) is 6.43. The van der Waals surface area contributed by atoms with Crippen LogP contribution in [0, 0.1) is 0 Å². The molecule has 1 unspecified atom stereocenters. The Hall–Kier alpha value is -2.50. The Balaban J connectivity index is 1.69. The summed E-state index contributed by atoms with van der Waals surface area (Å²) < 4.78 is 7.65. The first-order valence-corrected chi connectivity index (χ1v) is 8.97. The maximum absolute atomic E-state index is 13.3. The van der Waals surface area contributed by atoms with Gasteiger partial charge in [0.15, 0.2) is 0 Å². The van der Waals surface area contributed by atoms with Crippen LogP contribution in [0.2, 0.25) is 0 Å². The highest BCUT2D eigenvalue weighted by Crippen LogP contribution is 2.33. The number of nitrogens with zero attached hydrogens (tertiary/aromatic N) is 2. The maximum Gasteiger partial charge on any atom is 0.258 e. The molecule has 6 nitrogen and oxygen atoms in total. The number of fused-ring (bicyclic) bond motifs is 1. The number of rotatable bonds is 2. The first-order chi connectivity index (χ1) is 12.2. The number of likely N-dealkylation sites (tertiary alicyclic amines) is 1. The molecule has 1 saturated heterocycles. The van der Waals surface area contributed by atoms with Gasteiger partial charge in [-0.2, -0.15) is 0 Å². The number of carbonyl (C=O) groups excluding carboxylic acids is 2. The molecule has 0 spiro atoms. The summed E-state index contributed by atoms with van der Waals surface area (Å²) >= 11 is 0. The van der Waals surface area contributed by atoms with E-state index in [9.17, 15) is 9.59 Å². The number of carbonyl (C=O) groups is 2. The predicted octanol–water partition coefficient (Wildman–Crippen LogP) is 2.66. The van der Waals surface area contributed by atoms with Crippen LogP contribution in [0.25, 0.3) is 0 Å². The lowest BCUT2D eigenvalue weighted by Crippen LogP contribution is -2.40. The monoisotopic (exact) mass is 341 g/mol. The average Bonchev–Trinajstić information content (AvgIpc) is 3.19. The molecule has 2 aliphatic rings. The molecule has 0 saturated carbocycles. The summed E-state index contributed by atoms with van der Waals surface area (Å²) in [6.07, 6.45) is 8.01. The molecule has 0 radical (unpaired) electrons. The van der Waals surface area contributed by atoms with E-state index in [0.717, 1.165) is 31.4 Å². The van der Waals surface area contributed by atoms with Gasteiger partial charge in [0.1, 0.15) is 12.0 Å². The van der Waals surface area contributed by atoms with Gasteiger partial charge in [0.05, 0.1) is 17.2 Å². The van der Waals surface area contributed by atoms with Crippen molar-refractivity contribution in [2.75, 3.05) is 13.1 Å². The van der Waals surface area contributed by atoms with E-state index in [2.05, 4.69) is 16.0 Å². The molecular weight excluding hydrogens is 318 g/mol. The largest absolute Gasteiger partial charge is 0.468 e. The Morgan fingerprint density at radius 3 is 3.00 bits per heavy atom. The SMILES string of the molecule is Cn1cccc1C1CCCCN1C(=O)c1coc2c1C(=O)NCCC2. The number of amides is 2.